The van der Waals surface area contributed by atoms with Crippen molar-refractivity contribution in [3.05, 3.63) is 109 Å². The first-order valence-electron chi connectivity index (χ1n) is 11.9. The van der Waals surface area contributed by atoms with Crippen molar-refractivity contribution in [1.29, 1.82) is 0 Å². The van der Waals surface area contributed by atoms with Gasteiger partial charge in [0.15, 0.2) is 0 Å². The molecule has 0 saturated carbocycles. The number of hydrogen-bond donors (Lipinski definition) is 0. The molecule has 187 valence electrons. The van der Waals surface area contributed by atoms with Crippen molar-refractivity contribution >= 4 is 35.2 Å². The zero-order valence-corrected chi connectivity index (χ0v) is 24.6. The second kappa shape index (κ2) is 11.3. The van der Waals surface area contributed by atoms with Gasteiger partial charge in [-0.25, -0.2) is 0 Å². The molecule has 37 heavy (non-hydrogen) atoms. The molecule has 0 fully saturated rings. The van der Waals surface area contributed by atoms with E-state index in [4.69, 9.17) is 4.42 Å². The largest absolute Gasteiger partial charge is 0.499 e. The molecule has 4 nitrogen and oxygen atoms in total. The van der Waals surface area contributed by atoms with E-state index < -0.39 is 8.07 Å². The normalized spacial score (nSPS) is 11.0. The Bertz CT molecular complexity index is 1610. The fraction of sp³-hybridized carbons (Fsp3) is 0.129. The van der Waals surface area contributed by atoms with E-state index in [0.29, 0.717) is 0 Å². The molecule has 0 amide bonds. The maximum absolute atomic E-state index is 6.16. The molecule has 6 heteroatoms. The van der Waals surface area contributed by atoms with E-state index in [0.717, 1.165) is 39.1 Å². The molecule has 0 spiro atoms. The number of hydrogen-bond acceptors (Lipinski definition) is 4. The van der Waals surface area contributed by atoms with Crippen LogP contribution in [0.5, 0.6) is 0 Å². The third kappa shape index (κ3) is 5.77. The smallest absolute Gasteiger partial charge is 0.139 e. The van der Waals surface area contributed by atoms with Crippen LogP contribution in [-0.2, 0) is 20.1 Å². The number of furan rings is 1. The number of aromatic nitrogens is 3. The molecule has 0 N–H and O–H groups in total. The summed E-state index contributed by atoms with van der Waals surface area (Å²) < 4.78 is 6.16. The predicted octanol–water partition coefficient (Wildman–Crippen LogP) is 7.24. The number of nitrogens with zero attached hydrogens (tertiary/aromatic N) is 3. The first kappa shape index (κ1) is 26.6. The van der Waals surface area contributed by atoms with Crippen molar-refractivity contribution < 1.29 is 24.5 Å². The fourth-order valence-corrected chi connectivity index (χ4v) is 5.65. The van der Waals surface area contributed by atoms with Gasteiger partial charge < -0.3 is 14.4 Å². The van der Waals surface area contributed by atoms with Crippen LogP contribution in [0.15, 0.2) is 95.9 Å². The summed E-state index contributed by atoms with van der Waals surface area (Å²) in [6, 6.07) is 28.6. The molecule has 0 saturated heterocycles. The Labute approximate surface area is 232 Å². The molecule has 0 aliphatic carbocycles. The third-order valence-electron chi connectivity index (χ3n) is 5.98. The van der Waals surface area contributed by atoms with Crippen LogP contribution >= 0.6 is 0 Å². The molecule has 4 aromatic heterocycles. The Kier molecular flexibility index (Phi) is 8.13. The number of aryl methyl sites for hydroxylation is 1. The van der Waals surface area contributed by atoms with Gasteiger partial charge in [0.05, 0.1) is 11.8 Å². The zero-order chi connectivity index (χ0) is 25.1. The van der Waals surface area contributed by atoms with Gasteiger partial charge in [-0.1, -0.05) is 54.9 Å². The summed E-state index contributed by atoms with van der Waals surface area (Å²) in [7, 11) is -1.53. The minimum Gasteiger partial charge on any atom is -0.499 e. The number of benzene rings is 2. The third-order valence-corrected chi connectivity index (χ3v) is 7.99. The molecule has 2 aromatic carbocycles. The Hall–Kier alpha value is -3.44. The van der Waals surface area contributed by atoms with Gasteiger partial charge in [0.25, 0.3) is 0 Å². The molecule has 6 rings (SSSR count). The molecule has 0 aliphatic heterocycles. The fourth-order valence-electron chi connectivity index (χ4n) is 4.15. The van der Waals surface area contributed by atoms with Crippen molar-refractivity contribution in [1.82, 2.24) is 15.0 Å². The first-order valence-corrected chi connectivity index (χ1v) is 15.4. The van der Waals surface area contributed by atoms with Crippen LogP contribution in [-0.4, -0.2) is 23.0 Å². The topological polar surface area (TPSA) is 51.8 Å². The summed E-state index contributed by atoms with van der Waals surface area (Å²) in [4.78, 5) is 13.0. The average molecular weight is 678 g/mol. The van der Waals surface area contributed by atoms with Gasteiger partial charge >= 0.3 is 0 Å². The van der Waals surface area contributed by atoms with Gasteiger partial charge in [-0.15, -0.1) is 53.2 Å². The molecular weight excluding hydrogens is 651 g/mol. The maximum atomic E-state index is 6.16. The van der Waals surface area contributed by atoms with Gasteiger partial charge in [0.1, 0.15) is 5.58 Å². The molecule has 0 aliphatic rings. The van der Waals surface area contributed by atoms with Crippen LogP contribution in [0.4, 0.5) is 0 Å². The quantitative estimate of drug-likeness (QED) is 0.146. The average Bonchev–Trinajstić information content (AvgIpc) is 3.29. The van der Waals surface area contributed by atoms with Crippen molar-refractivity contribution in [2.45, 2.75) is 26.6 Å². The standard InChI is InChI=1S/C19H17N2OSi.C12H10N.Ir/c1-23(2,3)17-8-7-13(15-6-4-5-10-21-15)19-18(17)14-9-11-20-12-16(14)22-19;1-10-7-8-12(13-9-10)11-5-3-2-4-6-11;/h4-6,8-12H,1-3H3;2-5,7-9H,1H3;/q2*-1;. The van der Waals surface area contributed by atoms with E-state index in [-0.39, 0.29) is 20.1 Å². The van der Waals surface area contributed by atoms with E-state index in [1.54, 1.807) is 12.4 Å². The predicted molar refractivity (Wildman–Crippen MR) is 150 cm³/mol. The molecule has 4 heterocycles. The molecule has 1 radical (unpaired) electrons. The summed E-state index contributed by atoms with van der Waals surface area (Å²) >= 11 is 0. The van der Waals surface area contributed by atoms with Crippen molar-refractivity contribution in [2.75, 3.05) is 0 Å². The van der Waals surface area contributed by atoms with E-state index in [1.165, 1.54) is 16.1 Å². The van der Waals surface area contributed by atoms with Crippen molar-refractivity contribution in [3.63, 3.8) is 0 Å². The van der Waals surface area contributed by atoms with E-state index in [1.807, 2.05) is 73.9 Å². The molecule has 0 unspecified atom stereocenters. The summed E-state index contributed by atoms with van der Waals surface area (Å²) in [6.45, 7) is 9.06. The second-order valence-electron chi connectivity index (χ2n) is 9.72. The van der Waals surface area contributed by atoms with Crippen LogP contribution in [0.25, 0.3) is 44.5 Å². The van der Waals surface area contributed by atoms with Gasteiger partial charge in [-0.05, 0) is 36.0 Å². The zero-order valence-electron chi connectivity index (χ0n) is 21.2. The van der Waals surface area contributed by atoms with Crippen LogP contribution in [0.1, 0.15) is 5.56 Å². The summed E-state index contributed by atoms with van der Waals surface area (Å²) in [5.74, 6) is 0. The SMILES string of the molecule is C[Si](C)(C)c1c[c-]c(-c2ccccn2)c2oc3cnccc3c12.Cc1ccc(-c2[c-]cccc2)nc1.[Ir]. The van der Waals surface area contributed by atoms with Gasteiger partial charge in [0, 0.05) is 52.2 Å². The van der Waals surface area contributed by atoms with E-state index in [2.05, 4.69) is 58.9 Å². The number of fused-ring (bicyclic) bond motifs is 3. The van der Waals surface area contributed by atoms with E-state index >= 15 is 0 Å². The monoisotopic (exact) mass is 678 g/mol. The van der Waals surface area contributed by atoms with Crippen LogP contribution in [0, 0.1) is 19.1 Å². The van der Waals surface area contributed by atoms with Crippen molar-refractivity contribution in [2.24, 2.45) is 0 Å². The Balaban J connectivity index is 0.000000195. The van der Waals surface area contributed by atoms with Gasteiger partial charge in [0.2, 0.25) is 0 Å². The Morgan fingerprint density at radius 1 is 0.811 bits per heavy atom. The molecule has 0 atom stereocenters. The summed E-state index contributed by atoms with van der Waals surface area (Å²) in [5.41, 5.74) is 6.68. The van der Waals surface area contributed by atoms with Gasteiger partial charge in [-0.3, -0.25) is 4.98 Å². The summed E-state index contributed by atoms with van der Waals surface area (Å²) in [6.07, 6.45) is 7.27. The molecule has 0 bridgehead atoms. The first-order chi connectivity index (χ1) is 17.4. The van der Waals surface area contributed by atoms with Crippen LogP contribution in [0.2, 0.25) is 19.6 Å². The molecule has 6 aromatic rings. The van der Waals surface area contributed by atoms with Crippen LogP contribution in [0.3, 0.4) is 0 Å². The number of rotatable bonds is 3. The second-order valence-corrected chi connectivity index (χ2v) is 14.8. The minimum absolute atomic E-state index is 0. The maximum Gasteiger partial charge on any atom is 0.139 e. The van der Waals surface area contributed by atoms with Crippen LogP contribution < -0.4 is 5.19 Å². The Morgan fingerprint density at radius 3 is 2.32 bits per heavy atom. The Morgan fingerprint density at radius 2 is 1.65 bits per heavy atom. The molecular formula is C31H27IrN3OSi-2. The van der Waals surface area contributed by atoms with Gasteiger partial charge in [-0.2, -0.15) is 0 Å². The number of pyridine rings is 3. The van der Waals surface area contributed by atoms with Crippen molar-refractivity contribution in [3.8, 4) is 22.5 Å². The minimum atomic E-state index is -1.53. The summed E-state index contributed by atoms with van der Waals surface area (Å²) in [5, 5.41) is 3.68. The van der Waals surface area contributed by atoms with E-state index in [9.17, 15) is 0 Å².